The second kappa shape index (κ2) is 7.44. The smallest absolute Gasteiger partial charge is 0.329 e. The van der Waals surface area contributed by atoms with Crippen molar-refractivity contribution in [2.45, 2.75) is 39.2 Å². The van der Waals surface area contributed by atoms with Crippen molar-refractivity contribution < 1.29 is 23.9 Å². The molecule has 5 atom stereocenters. The number of carbonyl (C=O) groups excluding carboxylic acids is 4. The number of halogens is 1. The van der Waals surface area contributed by atoms with Crippen molar-refractivity contribution in [1.82, 2.24) is 4.90 Å². The summed E-state index contributed by atoms with van der Waals surface area (Å²) in [4.78, 5) is 51.2. The molecule has 0 radical (unpaired) electrons. The SMILES string of the molecule is Cc1ccc(Cl)cc1NC(=O)COC(=O)[C@H](C)N1C(=O)[C@H]2[C@@H]3CC[C@@H](C3)[C@@H]2C1=O. The number of likely N-dealkylation sites (tertiary alicyclic amines) is 1. The van der Waals surface area contributed by atoms with Gasteiger partial charge in [0.15, 0.2) is 6.61 Å². The van der Waals surface area contributed by atoms with E-state index in [9.17, 15) is 19.2 Å². The zero-order chi connectivity index (χ0) is 20.9. The summed E-state index contributed by atoms with van der Waals surface area (Å²) in [5.41, 5.74) is 1.34. The van der Waals surface area contributed by atoms with Gasteiger partial charge in [-0.25, -0.2) is 4.79 Å². The van der Waals surface area contributed by atoms with E-state index in [-0.39, 0.29) is 35.5 Å². The number of aryl methyl sites for hydroxylation is 1. The minimum absolute atomic E-state index is 0.251. The van der Waals surface area contributed by atoms with E-state index >= 15 is 0 Å². The van der Waals surface area contributed by atoms with Crippen LogP contribution in [0.2, 0.25) is 5.02 Å². The van der Waals surface area contributed by atoms with Gasteiger partial charge in [0.1, 0.15) is 6.04 Å². The van der Waals surface area contributed by atoms with Crippen LogP contribution in [0.15, 0.2) is 18.2 Å². The monoisotopic (exact) mass is 418 g/mol. The average Bonchev–Trinajstić information content (AvgIpc) is 3.36. The maximum atomic E-state index is 12.8. The lowest BCUT2D eigenvalue weighted by atomic mass is 9.81. The molecule has 4 rings (SSSR count). The first kappa shape index (κ1) is 19.9. The highest BCUT2D eigenvalue weighted by Gasteiger charge is 2.62. The van der Waals surface area contributed by atoms with Gasteiger partial charge in [0.05, 0.1) is 11.8 Å². The Hall–Kier alpha value is -2.41. The molecule has 3 aliphatic rings. The Labute approximate surface area is 173 Å². The number of ether oxygens (including phenoxy) is 1. The fourth-order valence-corrected chi connectivity index (χ4v) is 5.26. The molecular formula is C21H23ClN2O5. The topological polar surface area (TPSA) is 92.8 Å². The normalized spacial score (nSPS) is 28.4. The molecule has 1 saturated heterocycles. The molecule has 3 fully saturated rings. The minimum Gasteiger partial charge on any atom is -0.454 e. The molecule has 7 nitrogen and oxygen atoms in total. The Morgan fingerprint density at radius 3 is 2.45 bits per heavy atom. The van der Waals surface area contributed by atoms with Crippen LogP contribution in [0.3, 0.4) is 0 Å². The largest absolute Gasteiger partial charge is 0.454 e. The molecule has 2 aliphatic carbocycles. The number of carbonyl (C=O) groups is 4. The molecule has 1 aromatic carbocycles. The van der Waals surface area contributed by atoms with E-state index in [1.807, 2.05) is 6.92 Å². The summed E-state index contributed by atoms with van der Waals surface area (Å²) in [5.74, 6) is -1.90. The van der Waals surface area contributed by atoms with Crippen molar-refractivity contribution in [3.05, 3.63) is 28.8 Å². The van der Waals surface area contributed by atoms with E-state index in [0.717, 1.165) is 29.7 Å². The third-order valence-electron chi connectivity index (χ3n) is 6.51. The van der Waals surface area contributed by atoms with Crippen LogP contribution in [0.4, 0.5) is 5.69 Å². The molecule has 0 aromatic heterocycles. The highest BCUT2D eigenvalue weighted by atomic mass is 35.5. The van der Waals surface area contributed by atoms with Crippen molar-refractivity contribution in [3.63, 3.8) is 0 Å². The van der Waals surface area contributed by atoms with Crippen molar-refractivity contribution >= 4 is 41.0 Å². The van der Waals surface area contributed by atoms with E-state index in [2.05, 4.69) is 5.32 Å². The van der Waals surface area contributed by atoms with Gasteiger partial charge in [-0.15, -0.1) is 0 Å². The van der Waals surface area contributed by atoms with Gasteiger partial charge in [0.2, 0.25) is 11.8 Å². The standard InChI is InChI=1S/C21H23ClN2O5/c1-10-3-6-14(22)8-15(10)23-16(25)9-29-21(28)11(2)24-19(26)17-12-4-5-13(7-12)18(17)20(24)27/h3,6,8,11-13,17-18H,4-5,7,9H2,1-2H3,(H,23,25)/t11-,12-,13+,17-,18-/m0/s1. The molecule has 2 bridgehead atoms. The van der Waals surface area contributed by atoms with Gasteiger partial charge in [-0.3, -0.25) is 19.3 Å². The Balaban J connectivity index is 1.35. The van der Waals surface area contributed by atoms with E-state index in [4.69, 9.17) is 16.3 Å². The van der Waals surface area contributed by atoms with Gasteiger partial charge >= 0.3 is 5.97 Å². The van der Waals surface area contributed by atoms with Crippen LogP contribution in [0.1, 0.15) is 31.7 Å². The number of rotatable bonds is 5. The number of nitrogens with one attached hydrogen (secondary N) is 1. The van der Waals surface area contributed by atoms with Gasteiger partial charge in [-0.05, 0) is 62.6 Å². The lowest BCUT2D eigenvalue weighted by Crippen LogP contribution is -2.45. The highest BCUT2D eigenvalue weighted by Crippen LogP contribution is 2.56. The van der Waals surface area contributed by atoms with Gasteiger partial charge in [0.25, 0.3) is 5.91 Å². The molecule has 3 amide bonds. The molecule has 1 aliphatic heterocycles. The number of benzene rings is 1. The van der Waals surface area contributed by atoms with Crippen LogP contribution in [-0.4, -0.2) is 41.2 Å². The van der Waals surface area contributed by atoms with Crippen molar-refractivity contribution in [3.8, 4) is 0 Å². The predicted octanol–water partition coefficient (Wildman–Crippen LogP) is 2.55. The van der Waals surface area contributed by atoms with Crippen LogP contribution in [0.5, 0.6) is 0 Å². The third kappa shape index (κ3) is 3.41. The number of amides is 3. The number of hydrogen-bond donors (Lipinski definition) is 1. The molecule has 1 heterocycles. The average molecular weight is 419 g/mol. The number of nitrogens with zero attached hydrogens (tertiary/aromatic N) is 1. The molecule has 29 heavy (non-hydrogen) atoms. The summed E-state index contributed by atoms with van der Waals surface area (Å²) < 4.78 is 5.08. The molecule has 0 unspecified atom stereocenters. The first-order chi connectivity index (χ1) is 13.8. The van der Waals surface area contributed by atoms with E-state index in [0.29, 0.717) is 10.7 Å². The van der Waals surface area contributed by atoms with Crippen LogP contribution in [0.25, 0.3) is 0 Å². The van der Waals surface area contributed by atoms with Crippen molar-refractivity contribution in [1.29, 1.82) is 0 Å². The molecular weight excluding hydrogens is 396 g/mol. The maximum absolute atomic E-state index is 12.8. The summed E-state index contributed by atoms with van der Waals surface area (Å²) in [7, 11) is 0. The summed E-state index contributed by atoms with van der Waals surface area (Å²) >= 11 is 5.93. The van der Waals surface area contributed by atoms with Crippen molar-refractivity contribution in [2.75, 3.05) is 11.9 Å². The number of esters is 1. The summed E-state index contributed by atoms with van der Waals surface area (Å²) in [6.45, 7) is 2.78. The number of hydrogen-bond acceptors (Lipinski definition) is 5. The minimum atomic E-state index is -1.04. The first-order valence-electron chi connectivity index (χ1n) is 9.87. The second-order valence-corrected chi connectivity index (χ2v) is 8.66. The number of fused-ring (bicyclic) bond motifs is 5. The van der Waals surface area contributed by atoms with Crippen molar-refractivity contribution in [2.24, 2.45) is 23.7 Å². The zero-order valence-electron chi connectivity index (χ0n) is 16.3. The lowest BCUT2D eigenvalue weighted by Gasteiger charge is -2.23. The van der Waals surface area contributed by atoms with Crippen LogP contribution < -0.4 is 5.32 Å². The lowest BCUT2D eigenvalue weighted by molar-refractivity contribution is -0.159. The van der Waals surface area contributed by atoms with E-state index in [1.54, 1.807) is 18.2 Å². The van der Waals surface area contributed by atoms with E-state index in [1.165, 1.54) is 6.92 Å². The fourth-order valence-electron chi connectivity index (χ4n) is 5.09. The fraction of sp³-hybridized carbons (Fsp3) is 0.524. The zero-order valence-corrected chi connectivity index (χ0v) is 17.1. The van der Waals surface area contributed by atoms with Gasteiger partial charge in [-0.2, -0.15) is 0 Å². The molecule has 8 heteroatoms. The highest BCUT2D eigenvalue weighted by molar-refractivity contribution is 6.31. The molecule has 2 saturated carbocycles. The van der Waals surface area contributed by atoms with Crippen LogP contribution >= 0.6 is 11.6 Å². The third-order valence-corrected chi connectivity index (χ3v) is 6.74. The maximum Gasteiger partial charge on any atom is 0.329 e. The van der Waals surface area contributed by atoms with Gasteiger partial charge < -0.3 is 10.1 Å². The Morgan fingerprint density at radius 1 is 1.21 bits per heavy atom. The van der Waals surface area contributed by atoms with Crippen LogP contribution in [-0.2, 0) is 23.9 Å². The Kier molecular flexibility index (Phi) is 5.11. The van der Waals surface area contributed by atoms with Gasteiger partial charge in [0, 0.05) is 10.7 Å². The second-order valence-electron chi connectivity index (χ2n) is 8.22. The number of anilines is 1. The molecule has 154 valence electrons. The molecule has 1 aromatic rings. The first-order valence-corrected chi connectivity index (χ1v) is 10.2. The number of imide groups is 1. The Bertz CT molecular complexity index is 873. The van der Waals surface area contributed by atoms with E-state index < -0.39 is 24.5 Å². The van der Waals surface area contributed by atoms with Crippen LogP contribution in [0, 0.1) is 30.6 Å². The Morgan fingerprint density at radius 2 is 1.83 bits per heavy atom. The quantitative estimate of drug-likeness (QED) is 0.586. The summed E-state index contributed by atoms with van der Waals surface area (Å²) in [5, 5.41) is 3.11. The predicted molar refractivity (Wildman–Crippen MR) is 105 cm³/mol. The molecule has 1 N–H and O–H groups in total. The molecule has 0 spiro atoms. The summed E-state index contributed by atoms with van der Waals surface area (Å²) in [6, 6.07) is 4.04. The summed E-state index contributed by atoms with van der Waals surface area (Å²) in [6.07, 6.45) is 2.88. The van der Waals surface area contributed by atoms with Gasteiger partial charge in [-0.1, -0.05) is 17.7 Å².